The van der Waals surface area contributed by atoms with Gasteiger partial charge in [-0.3, -0.25) is 5.43 Å². The molecule has 0 aromatic heterocycles. The lowest BCUT2D eigenvalue weighted by atomic mass is 10.0. The van der Waals surface area contributed by atoms with Crippen LogP contribution in [0.1, 0.15) is 25.3 Å². The Morgan fingerprint density at radius 1 is 1.35 bits per heavy atom. The Kier molecular flexibility index (Phi) is 4.68. The second-order valence-corrected chi connectivity index (χ2v) is 4.54. The first-order chi connectivity index (χ1) is 8.08. The summed E-state index contributed by atoms with van der Waals surface area (Å²) in [6, 6.07) is 9.19. The molecule has 1 rings (SSSR count). The number of hydrazone groups is 1. The standard InChI is InChI=1S/C12H11BrN4/c1-8(2)9-3-4-12(11(13)5-9)17-16-10(6-14)7-15/h3-5,8,17H,1-2H3. The maximum absolute atomic E-state index is 8.54. The lowest BCUT2D eigenvalue weighted by Gasteiger charge is -2.08. The lowest BCUT2D eigenvalue weighted by molar-refractivity contribution is 0.866. The van der Waals surface area contributed by atoms with Crippen LogP contribution in [-0.2, 0) is 0 Å². The highest BCUT2D eigenvalue weighted by Crippen LogP contribution is 2.26. The summed E-state index contributed by atoms with van der Waals surface area (Å²) in [5, 5.41) is 20.8. The lowest BCUT2D eigenvalue weighted by Crippen LogP contribution is -1.97. The van der Waals surface area contributed by atoms with Crippen molar-refractivity contribution >= 4 is 27.3 Å². The molecule has 0 saturated carbocycles. The number of hydrogen-bond donors (Lipinski definition) is 1. The van der Waals surface area contributed by atoms with Crippen LogP contribution in [0, 0.1) is 22.7 Å². The fourth-order valence-corrected chi connectivity index (χ4v) is 1.66. The van der Waals surface area contributed by atoms with E-state index in [9.17, 15) is 0 Å². The SMILES string of the molecule is CC(C)c1ccc(NN=C(C#N)C#N)c(Br)c1. The molecule has 0 aliphatic heterocycles. The summed E-state index contributed by atoms with van der Waals surface area (Å²) in [4.78, 5) is 0. The maximum atomic E-state index is 8.54. The Hall–Kier alpha value is -1.85. The van der Waals surface area contributed by atoms with Crippen LogP contribution in [0.3, 0.4) is 0 Å². The van der Waals surface area contributed by atoms with Crippen LogP contribution in [0.4, 0.5) is 5.69 Å². The van der Waals surface area contributed by atoms with Crippen LogP contribution in [0.15, 0.2) is 27.8 Å². The van der Waals surface area contributed by atoms with Gasteiger partial charge in [-0.1, -0.05) is 19.9 Å². The molecule has 0 fully saturated rings. The van der Waals surface area contributed by atoms with Gasteiger partial charge >= 0.3 is 0 Å². The molecule has 17 heavy (non-hydrogen) atoms. The molecule has 86 valence electrons. The zero-order valence-electron chi connectivity index (χ0n) is 9.53. The molecular weight excluding hydrogens is 280 g/mol. The molecule has 0 unspecified atom stereocenters. The molecule has 5 heteroatoms. The smallest absolute Gasteiger partial charge is 0.237 e. The monoisotopic (exact) mass is 290 g/mol. The molecule has 0 spiro atoms. The van der Waals surface area contributed by atoms with Gasteiger partial charge in [0.25, 0.3) is 0 Å². The number of nitrogens with one attached hydrogen (secondary N) is 1. The van der Waals surface area contributed by atoms with Gasteiger partial charge in [0.1, 0.15) is 12.1 Å². The maximum Gasteiger partial charge on any atom is 0.237 e. The van der Waals surface area contributed by atoms with E-state index in [2.05, 4.69) is 40.3 Å². The fourth-order valence-electron chi connectivity index (χ4n) is 1.17. The number of halogens is 1. The minimum Gasteiger partial charge on any atom is -0.275 e. The molecule has 0 atom stereocenters. The third kappa shape index (κ3) is 3.58. The molecule has 0 amide bonds. The molecule has 0 radical (unpaired) electrons. The third-order valence-electron chi connectivity index (χ3n) is 2.16. The van der Waals surface area contributed by atoms with Gasteiger partial charge in [-0.05, 0) is 39.5 Å². The van der Waals surface area contributed by atoms with Gasteiger partial charge in [0.2, 0.25) is 5.71 Å². The van der Waals surface area contributed by atoms with Crippen LogP contribution in [0.5, 0.6) is 0 Å². The predicted octanol–water partition coefficient (Wildman–Crippen LogP) is 3.39. The summed E-state index contributed by atoms with van der Waals surface area (Å²) < 4.78 is 0.850. The third-order valence-corrected chi connectivity index (χ3v) is 2.82. The van der Waals surface area contributed by atoms with E-state index in [0.29, 0.717) is 5.92 Å². The molecule has 0 aliphatic carbocycles. The van der Waals surface area contributed by atoms with Gasteiger partial charge in [0.05, 0.1) is 5.69 Å². The van der Waals surface area contributed by atoms with E-state index in [4.69, 9.17) is 10.5 Å². The Morgan fingerprint density at radius 3 is 2.47 bits per heavy atom. The summed E-state index contributed by atoms with van der Waals surface area (Å²) >= 11 is 3.41. The summed E-state index contributed by atoms with van der Waals surface area (Å²) in [5.41, 5.74) is 4.39. The Bertz CT molecular complexity index is 504. The number of benzene rings is 1. The Morgan fingerprint density at radius 2 is 2.00 bits per heavy atom. The van der Waals surface area contributed by atoms with Crippen molar-refractivity contribution in [3.63, 3.8) is 0 Å². The molecule has 4 nitrogen and oxygen atoms in total. The predicted molar refractivity (Wildman–Crippen MR) is 70.5 cm³/mol. The van der Waals surface area contributed by atoms with Crippen LogP contribution in [0.25, 0.3) is 0 Å². The number of anilines is 1. The van der Waals surface area contributed by atoms with E-state index < -0.39 is 0 Å². The highest BCUT2D eigenvalue weighted by molar-refractivity contribution is 9.10. The Labute approximate surface area is 109 Å². The normalized spacial score (nSPS) is 9.29. The number of hydrogen-bond acceptors (Lipinski definition) is 4. The van der Waals surface area contributed by atoms with Gasteiger partial charge < -0.3 is 0 Å². The van der Waals surface area contributed by atoms with Crippen molar-refractivity contribution < 1.29 is 0 Å². The molecule has 0 aliphatic rings. The van der Waals surface area contributed by atoms with Gasteiger partial charge in [-0.2, -0.15) is 15.6 Å². The van der Waals surface area contributed by atoms with Crippen molar-refractivity contribution in [3.05, 3.63) is 28.2 Å². The topological polar surface area (TPSA) is 72.0 Å². The zero-order chi connectivity index (χ0) is 12.8. The van der Waals surface area contributed by atoms with E-state index in [-0.39, 0.29) is 5.71 Å². The summed E-state index contributed by atoms with van der Waals surface area (Å²) in [7, 11) is 0. The minimum absolute atomic E-state index is 0.204. The van der Waals surface area contributed by atoms with Crippen LogP contribution in [-0.4, -0.2) is 5.71 Å². The van der Waals surface area contributed by atoms with Gasteiger partial charge in [0.15, 0.2) is 0 Å². The molecule has 0 heterocycles. The van der Waals surface area contributed by atoms with Crippen molar-refractivity contribution in [1.82, 2.24) is 0 Å². The van der Waals surface area contributed by atoms with Crippen molar-refractivity contribution in [2.75, 3.05) is 5.43 Å². The highest BCUT2D eigenvalue weighted by atomic mass is 79.9. The zero-order valence-corrected chi connectivity index (χ0v) is 11.1. The van der Waals surface area contributed by atoms with Gasteiger partial charge in [0, 0.05) is 4.47 Å². The molecular formula is C12H11BrN4. The van der Waals surface area contributed by atoms with Crippen LogP contribution in [0.2, 0.25) is 0 Å². The van der Waals surface area contributed by atoms with Crippen molar-refractivity contribution in [1.29, 1.82) is 10.5 Å². The Balaban J connectivity index is 2.92. The minimum atomic E-state index is -0.204. The van der Waals surface area contributed by atoms with Crippen LogP contribution >= 0.6 is 15.9 Å². The number of rotatable bonds is 3. The van der Waals surface area contributed by atoms with E-state index in [1.165, 1.54) is 5.56 Å². The summed E-state index contributed by atoms with van der Waals surface area (Å²) in [6.45, 7) is 4.22. The largest absolute Gasteiger partial charge is 0.275 e. The van der Waals surface area contributed by atoms with E-state index in [1.807, 2.05) is 18.2 Å². The molecule has 0 bridgehead atoms. The number of nitrogens with zero attached hydrogens (tertiary/aromatic N) is 3. The molecule has 0 saturated heterocycles. The quantitative estimate of drug-likeness (QED) is 0.685. The second kappa shape index (κ2) is 6.03. The molecule has 1 aromatic carbocycles. The van der Waals surface area contributed by atoms with E-state index in [0.717, 1.165) is 10.2 Å². The van der Waals surface area contributed by atoms with Gasteiger partial charge in [-0.15, -0.1) is 0 Å². The van der Waals surface area contributed by atoms with E-state index >= 15 is 0 Å². The average Bonchev–Trinajstić information content (AvgIpc) is 2.31. The van der Waals surface area contributed by atoms with E-state index in [1.54, 1.807) is 12.1 Å². The van der Waals surface area contributed by atoms with Crippen molar-refractivity contribution in [2.24, 2.45) is 5.10 Å². The second-order valence-electron chi connectivity index (χ2n) is 3.69. The summed E-state index contributed by atoms with van der Waals surface area (Å²) in [6.07, 6.45) is 0. The van der Waals surface area contributed by atoms with Crippen molar-refractivity contribution in [3.8, 4) is 12.1 Å². The molecule has 1 N–H and O–H groups in total. The molecule has 1 aromatic rings. The fraction of sp³-hybridized carbons (Fsp3) is 0.250. The van der Waals surface area contributed by atoms with Gasteiger partial charge in [-0.25, -0.2) is 0 Å². The average molecular weight is 291 g/mol. The summed E-state index contributed by atoms with van der Waals surface area (Å²) in [5.74, 6) is 0.442. The highest BCUT2D eigenvalue weighted by Gasteiger charge is 2.04. The van der Waals surface area contributed by atoms with Crippen molar-refractivity contribution in [2.45, 2.75) is 19.8 Å². The first kappa shape index (κ1) is 13.2. The van der Waals surface area contributed by atoms with Crippen LogP contribution < -0.4 is 5.43 Å². The number of nitriles is 2. The first-order valence-corrected chi connectivity index (χ1v) is 5.81. The first-order valence-electron chi connectivity index (χ1n) is 5.01.